The topological polar surface area (TPSA) is 47.6 Å². The molecule has 2 nitrogen and oxygen atoms in total. The summed E-state index contributed by atoms with van der Waals surface area (Å²) in [4.78, 5) is 0. The molecule has 0 aliphatic rings. The molecule has 0 bridgehead atoms. The summed E-state index contributed by atoms with van der Waals surface area (Å²) in [7, 11) is 0. The molecular weight excluding hydrogens is 179 g/mol. The lowest BCUT2D eigenvalue weighted by Crippen LogP contribution is -1.98. The van der Waals surface area contributed by atoms with Crippen molar-refractivity contribution in [1.29, 1.82) is 10.5 Å². The normalized spacial score (nSPS) is 9.50. The van der Waals surface area contributed by atoms with Crippen LogP contribution in [-0.4, -0.2) is 6.67 Å². The van der Waals surface area contributed by atoms with Crippen LogP contribution < -0.4 is 0 Å². The first-order chi connectivity index (χ1) is 6.71. The van der Waals surface area contributed by atoms with E-state index in [-0.39, 0.29) is 0 Å². The number of halogens is 1. The zero-order valence-corrected chi connectivity index (χ0v) is 7.71. The molecule has 1 radical (unpaired) electrons. The minimum atomic E-state index is -0.570. The summed E-state index contributed by atoms with van der Waals surface area (Å²) in [6.07, 6.45) is 0. The number of benzene rings is 1. The van der Waals surface area contributed by atoms with Crippen LogP contribution in [0.4, 0.5) is 4.39 Å². The molecule has 0 saturated heterocycles. The monoisotopic (exact) mass is 187 g/mol. The van der Waals surface area contributed by atoms with Gasteiger partial charge in [0.1, 0.15) is 0 Å². The molecule has 0 heterocycles. The SMILES string of the molecule is C[C](CF)c1cc(C#N)cc(C#N)c1. The molecule has 0 amide bonds. The molecule has 1 rings (SSSR count). The quantitative estimate of drug-likeness (QED) is 0.713. The Morgan fingerprint density at radius 2 is 1.71 bits per heavy atom. The molecule has 0 atom stereocenters. The van der Waals surface area contributed by atoms with Gasteiger partial charge in [-0.15, -0.1) is 0 Å². The Labute approximate surface area is 82.2 Å². The highest BCUT2D eigenvalue weighted by Gasteiger charge is 2.08. The Kier molecular flexibility index (Phi) is 3.20. The molecule has 0 aromatic heterocycles. The average molecular weight is 187 g/mol. The van der Waals surface area contributed by atoms with Crippen LogP contribution in [0.25, 0.3) is 0 Å². The van der Waals surface area contributed by atoms with Gasteiger partial charge in [-0.25, -0.2) is 0 Å². The van der Waals surface area contributed by atoms with Gasteiger partial charge in [0, 0.05) is 5.92 Å². The molecular formula is C11H8FN2. The standard InChI is InChI=1S/C11H8FN2/c1-8(5-12)11-3-9(6-13)2-10(4-11)7-14/h2-4H,5H2,1H3. The molecule has 0 aliphatic heterocycles. The summed E-state index contributed by atoms with van der Waals surface area (Å²) >= 11 is 0. The maximum atomic E-state index is 12.3. The first kappa shape index (κ1) is 10.2. The van der Waals surface area contributed by atoms with E-state index in [1.165, 1.54) is 6.07 Å². The maximum Gasteiger partial charge on any atom is 0.0997 e. The fraction of sp³-hybridized carbons (Fsp3) is 0.182. The lowest BCUT2D eigenvalue weighted by molar-refractivity contribution is 0.516. The van der Waals surface area contributed by atoms with Gasteiger partial charge in [0.25, 0.3) is 0 Å². The van der Waals surface area contributed by atoms with E-state index >= 15 is 0 Å². The number of alkyl halides is 1. The van der Waals surface area contributed by atoms with Crippen molar-refractivity contribution < 1.29 is 4.39 Å². The molecule has 0 aliphatic carbocycles. The smallest absolute Gasteiger partial charge is 0.0997 e. The van der Waals surface area contributed by atoms with Crippen molar-refractivity contribution in [1.82, 2.24) is 0 Å². The Hall–Kier alpha value is -1.87. The van der Waals surface area contributed by atoms with Gasteiger partial charge in [0.05, 0.1) is 29.9 Å². The van der Waals surface area contributed by atoms with E-state index in [0.29, 0.717) is 22.6 Å². The Bertz CT molecular complexity index is 380. The molecule has 14 heavy (non-hydrogen) atoms. The predicted molar refractivity (Wildman–Crippen MR) is 49.9 cm³/mol. The van der Waals surface area contributed by atoms with Crippen LogP contribution >= 0.6 is 0 Å². The zero-order chi connectivity index (χ0) is 10.6. The van der Waals surface area contributed by atoms with Crippen LogP contribution in [0.3, 0.4) is 0 Å². The highest BCUT2D eigenvalue weighted by molar-refractivity contribution is 5.46. The number of hydrogen-bond donors (Lipinski definition) is 0. The first-order valence-corrected chi connectivity index (χ1v) is 4.05. The molecule has 3 heteroatoms. The number of hydrogen-bond acceptors (Lipinski definition) is 2. The second kappa shape index (κ2) is 4.39. The van der Waals surface area contributed by atoms with Gasteiger partial charge in [0.2, 0.25) is 0 Å². The van der Waals surface area contributed by atoms with E-state index in [1.807, 2.05) is 12.1 Å². The molecule has 1 aromatic rings. The van der Waals surface area contributed by atoms with E-state index < -0.39 is 6.67 Å². The third-order valence-electron chi connectivity index (χ3n) is 1.88. The zero-order valence-electron chi connectivity index (χ0n) is 7.71. The fourth-order valence-electron chi connectivity index (χ4n) is 1.08. The Balaban J connectivity index is 3.20. The summed E-state index contributed by atoms with van der Waals surface area (Å²) in [5, 5.41) is 17.3. The number of rotatable bonds is 2. The summed E-state index contributed by atoms with van der Waals surface area (Å²) in [6, 6.07) is 8.51. The van der Waals surface area contributed by atoms with Crippen LogP contribution in [0.15, 0.2) is 18.2 Å². The Morgan fingerprint density at radius 3 is 2.07 bits per heavy atom. The predicted octanol–water partition coefficient (Wildman–Crippen LogP) is 2.34. The van der Waals surface area contributed by atoms with Crippen LogP contribution in [-0.2, 0) is 0 Å². The minimum Gasteiger partial charge on any atom is -0.250 e. The van der Waals surface area contributed by atoms with Crippen LogP contribution in [0.1, 0.15) is 23.6 Å². The molecule has 69 valence electrons. The van der Waals surface area contributed by atoms with Crippen LogP contribution in [0.5, 0.6) is 0 Å². The fourth-order valence-corrected chi connectivity index (χ4v) is 1.08. The molecule has 1 aromatic carbocycles. The number of nitrogens with zero attached hydrogens (tertiary/aromatic N) is 2. The van der Waals surface area contributed by atoms with E-state index in [2.05, 4.69) is 0 Å². The average Bonchev–Trinajstić information content (AvgIpc) is 2.27. The molecule has 0 fully saturated rings. The highest BCUT2D eigenvalue weighted by atomic mass is 19.1. The van der Waals surface area contributed by atoms with Crippen LogP contribution in [0.2, 0.25) is 0 Å². The summed E-state index contributed by atoms with van der Waals surface area (Å²) in [6.45, 7) is 1.07. The van der Waals surface area contributed by atoms with Crippen molar-refractivity contribution in [3.8, 4) is 12.1 Å². The van der Waals surface area contributed by atoms with Gasteiger partial charge < -0.3 is 0 Å². The van der Waals surface area contributed by atoms with Gasteiger partial charge >= 0.3 is 0 Å². The third-order valence-corrected chi connectivity index (χ3v) is 1.88. The van der Waals surface area contributed by atoms with Gasteiger partial charge in [-0.3, -0.25) is 4.39 Å². The summed E-state index contributed by atoms with van der Waals surface area (Å²) in [5.41, 5.74) is 1.38. The largest absolute Gasteiger partial charge is 0.250 e. The summed E-state index contributed by atoms with van der Waals surface area (Å²) < 4.78 is 12.3. The van der Waals surface area contributed by atoms with Crippen molar-refractivity contribution in [2.45, 2.75) is 6.92 Å². The van der Waals surface area contributed by atoms with Gasteiger partial charge in [0.15, 0.2) is 0 Å². The van der Waals surface area contributed by atoms with Crippen LogP contribution in [0, 0.1) is 28.6 Å². The van der Waals surface area contributed by atoms with E-state index in [4.69, 9.17) is 10.5 Å². The van der Waals surface area contributed by atoms with E-state index in [9.17, 15) is 4.39 Å². The number of nitriles is 2. The van der Waals surface area contributed by atoms with E-state index in [0.717, 1.165) is 0 Å². The van der Waals surface area contributed by atoms with Gasteiger partial charge in [-0.2, -0.15) is 10.5 Å². The molecule has 0 saturated carbocycles. The minimum absolute atomic E-state index is 0.381. The molecule has 0 N–H and O–H groups in total. The second-order valence-electron chi connectivity index (χ2n) is 2.94. The lowest BCUT2D eigenvalue weighted by atomic mass is 9.98. The highest BCUT2D eigenvalue weighted by Crippen LogP contribution is 2.18. The summed E-state index contributed by atoms with van der Waals surface area (Å²) in [5.74, 6) is 0.526. The first-order valence-electron chi connectivity index (χ1n) is 4.05. The Morgan fingerprint density at radius 1 is 1.21 bits per heavy atom. The van der Waals surface area contributed by atoms with Crippen molar-refractivity contribution in [3.63, 3.8) is 0 Å². The van der Waals surface area contributed by atoms with Gasteiger partial charge in [-0.05, 0) is 23.8 Å². The van der Waals surface area contributed by atoms with Crippen molar-refractivity contribution in [2.24, 2.45) is 0 Å². The molecule has 0 spiro atoms. The van der Waals surface area contributed by atoms with Crippen molar-refractivity contribution in [3.05, 3.63) is 40.8 Å². The maximum absolute atomic E-state index is 12.3. The third kappa shape index (κ3) is 2.08. The van der Waals surface area contributed by atoms with E-state index in [1.54, 1.807) is 19.1 Å². The second-order valence-corrected chi connectivity index (χ2v) is 2.94. The van der Waals surface area contributed by atoms with Crippen molar-refractivity contribution >= 4 is 0 Å². The van der Waals surface area contributed by atoms with Gasteiger partial charge in [-0.1, -0.05) is 6.92 Å². The lowest BCUT2D eigenvalue weighted by Gasteiger charge is -2.06. The van der Waals surface area contributed by atoms with Crippen molar-refractivity contribution in [2.75, 3.05) is 6.67 Å². The molecule has 0 unspecified atom stereocenters.